The van der Waals surface area contributed by atoms with Crippen molar-refractivity contribution in [2.45, 2.75) is 38.7 Å². The second kappa shape index (κ2) is 11.1. The van der Waals surface area contributed by atoms with E-state index in [2.05, 4.69) is 27.7 Å². The number of allylic oxidation sites excluding steroid dienone is 5. The Bertz CT molecular complexity index is 1030. The number of quaternary nitrogens is 1. The van der Waals surface area contributed by atoms with Gasteiger partial charge >= 0.3 is 11.0 Å². The van der Waals surface area contributed by atoms with Gasteiger partial charge in [0.2, 0.25) is 0 Å². The molecule has 1 aliphatic carbocycles. The summed E-state index contributed by atoms with van der Waals surface area (Å²) in [5.41, 5.74) is -17.2. The highest BCUT2D eigenvalue weighted by Gasteiger charge is 2.59. The minimum Gasteiger partial charge on any atom is -0.325 e. The van der Waals surface area contributed by atoms with Gasteiger partial charge in [0.15, 0.2) is 0 Å². The lowest BCUT2D eigenvalue weighted by atomic mass is 10.0. The van der Waals surface area contributed by atoms with Gasteiger partial charge in [0.1, 0.15) is 21.7 Å². The molecular formula is C17H20F11NO4S2. The molecule has 35 heavy (non-hydrogen) atoms. The molecule has 0 spiro atoms. The molecule has 0 radical (unpaired) electrons. The highest BCUT2D eigenvalue weighted by atomic mass is 32.3. The summed E-state index contributed by atoms with van der Waals surface area (Å²) in [7, 11) is -15.5. The maximum Gasteiger partial charge on any atom is 0.494 e. The van der Waals surface area contributed by atoms with Crippen molar-refractivity contribution in [1.29, 1.82) is 0 Å². The van der Waals surface area contributed by atoms with Crippen LogP contribution in [-0.2, 0) is 19.7 Å². The van der Waals surface area contributed by atoms with E-state index in [4.69, 9.17) is 0 Å². The molecule has 0 heterocycles. The van der Waals surface area contributed by atoms with Gasteiger partial charge in [-0.05, 0) is 33.3 Å². The average molecular weight is 575 g/mol. The molecule has 1 aliphatic rings. The van der Waals surface area contributed by atoms with E-state index in [1.54, 1.807) is 0 Å². The number of sulfone groups is 2. The average Bonchev–Trinajstić information content (AvgIpc) is 2.74. The van der Waals surface area contributed by atoms with Crippen molar-refractivity contribution in [1.82, 2.24) is 0 Å². The van der Waals surface area contributed by atoms with Gasteiger partial charge in [-0.25, -0.2) is 25.6 Å². The van der Waals surface area contributed by atoms with Crippen LogP contribution >= 0.6 is 0 Å². The van der Waals surface area contributed by atoms with E-state index in [-0.39, 0.29) is 0 Å². The quantitative estimate of drug-likeness (QED) is 0.229. The van der Waals surface area contributed by atoms with E-state index in [0.717, 1.165) is 0 Å². The van der Waals surface area contributed by atoms with Crippen molar-refractivity contribution in [2.75, 3.05) is 26.2 Å². The summed E-state index contributed by atoms with van der Waals surface area (Å²) in [4.78, 5) is 0. The van der Waals surface area contributed by atoms with E-state index < -0.39 is 70.0 Å². The summed E-state index contributed by atoms with van der Waals surface area (Å²) in [6.45, 7) is 14.2. The van der Waals surface area contributed by atoms with Crippen LogP contribution in [0.15, 0.2) is 33.1 Å². The van der Waals surface area contributed by atoms with Crippen molar-refractivity contribution < 1.29 is 69.6 Å². The molecule has 0 saturated heterocycles. The number of hydrogen-bond acceptors (Lipinski definition) is 4. The highest BCUT2D eigenvalue weighted by Crippen LogP contribution is 2.50. The first-order valence-corrected chi connectivity index (χ1v) is 12.4. The Hall–Kier alpha value is -1.82. The summed E-state index contributed by atoms with van der Waals surface area (Å²) in [6, 6.07) is 0. The number of alkyl halides is 6. The molecule has 0 aromatic carbocycles. The van der Waals surface area contributed by atoms with Crippen LogP contribution < -0.4 is 0 Å². The molecule has 5 nitrogen and oxygen atoms in total. The molecule has 1 rings (SSSR count). The van der Waals surface area contributed by atoms with Gasteiger partial charge in [-0.2, -0.15) is 26.3 Å². The topological polar surface area (TPSA) is 68.3 Å². The fourth-order valence-electron chi connectivity index (χ4n) is 2.75. The maximum atomic E-state index is 13.5. The summed E-state index contributed by atoms with van der Waals surface area (Å²) < 4.78 is 183. The Balaban J connectivity index is 0.00000109. The second-order valence-electron chi connectivity index (χ2n) is 6.74. The van der Waals surface area contributed by atoms with Crippen molar-refractivity contribution in [3.63, 3.8) is 0 Å². The molecule has 0 bridgehead atoms. The Morgan fingerprint density at radius 1 is 0.686 bits per heavy atom. The van der Waals surface area contributed by atoms with E-state index >= 15 is 0 Å². The molecule has 18 heteroatoms. The molecule has 0 aromatic rings. The number of halogens is 11. The lowest BCUT2D eigenvalue weighted by molar-refractivity contribution is -0.921. The highest BCUT2D eigenvalue weighted by molar-refractivity contribution is 8.15. The van der Waals surface area contributed by atoms with Gasteiger partial charge < -0.3 is 4.48 Å². The van der Waals surface area contributed by atoms with Crippen molar-refractivity contribution in [3.8, 4) is 0 Å². The third kappa shape index (κ3) is 6.31. The zero-order valence-corrected chi connectivity index (χ0v) is 20.0. The van der Waals surface area contributed by atoms with Crippen molar-refractivity contribution in [3.05, 3.63) is 39.3 Å². The number of hydrogen-bond donors (Lipinski definition) is 0. The summed E-state index contributed by atoms with van der Waals surface area (Å²) in [6.07, 6.45) is -3.45. The molecule has 0 N–H and O–H groups in total. The van der Waals surface area contributed by atoms with Gasteiger partial charge in [-0.3, -0.25) is 13.2 Å². The van der Waals surface area contributed by atoms with Crippen molar-refractivity contribution >= 4 is 19.7 Å². The molecule has 0 amide bonds. The normalized spacial score (nSPS) is 16.4. The second-order valence-corrected chi connectivity index (χ2v) is 10.8. The predicted molar refractivity (Wildman–Crippen MR) is 102 cm³/mol. The van der Waals surface area contributed by atoms with Crippen LogP contribution in [0.1, 0.15) is 27.7 Å². The standard InChI is InChI=1S/C9F11O4S2.C8H20N/c10-2-1(3(11)5(13)6(14)4(2)12)7(25(21,22)8(15,16)17)26(23,24)9(18,19)20;1-5-9(6-2,7-3)8-4/h;5-8H2,1-4H3/q-1;+1. The molecular weight excluding hydrogens is 555 g/mol. The molecule has 0 fully saturated rings. The number of rotatable bonds is 6. The molecule has 206 valence electrons. The van der Waals surface area contributed by atoms with E-state index in [1.165, 1.54) is 30.7 Å². The lowest BCUT2D eigenvalue weighted by Crippen LogP contribution is -2.47. The Morgan fingerprint density at radius 2 is 1.00 bits per heavy atom. The monoisotopic (exact) mass is 575 g/mol. The predicted octanol–water partition coefficient (Wildman–Crippen LogP) is 5.77. The number of nitrogens with zero attached hydrogens (tertiary/aromatic N) is 1. The van der Waals surface area contributed by atoms with Crippen LogP contribution in [0.2, 0.25) is 0 Å². The van der Waals surface area contributed by atoms with Gasteiger partial charge in [0.05, 0.1) is 38.2 Å². The van der Waals surface area contributed by atoms with E-state index in [9.17, 15) is 65.1 Å². The smallest absolute Gasteiger partial charge is 0.325 e. The van der Waals surface area contributed by atoms with Crippen LogP contribution in [0.25, 0.3) is 0 Å². The Kier molecular flexibility index (Phi) is 10.5. The van der Waals surface area contributed by atoms with Crippen LogP contribution in [0.3, 0.4) is 0 Å². The first-order valence-electron chi connectivity index (χ1n) is 9.41. The summed E-state index contributed by atoms with van der Waals surface area (Å²) >= 11 is 0. The molecule has 0 aliphatic heterocycles. The fraction of sp³-hybridized carbons (Fsp3) is 0.588. The van der Waals surface area contributed by atoms with Gasteiger partial charge in [-0.1, -0.05) is 0 Å². The first-order chi connectivity index (χ1) is 15.5. The van der Waals surface area contributed by atoms with Crippen LogP contribution in [0, 0.1) is 6.17 Å². The fourth-order valence-corrected chi connectivity index (χ4v) is 5.79. The third-order valence-corrected chi connectivity index (χ3v) is 9.11. The summed E-state index contributed by atoms with van der Waals surface area (Å²) in [5.74, 6) is -13.0. The van der Waals surface area contributed by atoms with Crippen molar-refractivity contribution in [2.24, 2.45) is 0 Å². The Labute approximate surface area is 194 Å². The first kappa shape index (κ1) is 33.2. The SMILES string of the molecule is CC[N+](CC)(CC)CC.O=S(=O)(C(=C1C(F)=C(F)C(F)=C(F)[C-]1F)S(=O)(=O)C(F)(F)F)C(F)(F)F. The van der Waals surface area contributed by atoms with Gasteiger partial charge in [-0.15, -0.1) is 0 Å². The largest absolute Gasteiger partial charge is 0.494 e. The summed E-state index contributed by atoms with van der Waals surface area (Å²) in [5, 5.41) is 0. The molecule has 0 aromatic heterocycles. The maximum absolute atomic E-state index is 13.5. The molecule has 0 unspecified atom stereocenters. The minimum atomic E-state index is -7.75. The molecule has 0 saturated carbocycles. The zero-order chi connectivity index (χ0) is 28.4. The molecule has 0 atom stereocenters. The lowest BCUT2D eigenvalue weighted by Gasteiger charge is -2.34. The van der Waals surface area contributed by atoms with Gasteiger partial charge in [0, 0.05) is 0 Å². The Morgan fingerprint density at radius 3 is 1.23 bits per heavy atom. The van der Waals surface area contributed by atoms with Gasteiger partial charge in [0.25, 0.3) is 19.7 Å². The van der Waals surface area contributed by atoms with E-state index in [0.29, 0.717) is 0 Å². The van der Waals surface area contributed by atoms with Crippen LogP contribution in [-0.4, -0.2) is 58.5 Å². The van der Waals surface area contributed by atoms with E-state index in [1.807, 2.05) is 0 Å². The minimum absolute atomic E-state index is 1.28. The zero-order valence-electron chi connectivity index (χ0n) is 18.4. The third-order valence-electron chi connectivity index (χ3n) is 5.19. The van der Waals surface area contributed by atoms with Crippen LogP contribution in [0.4, 0.5) is 48.3 Å². The van der Waals surface area contributed by atoms with Crippen LogP contribution in [0.5, 0.6) is 0 Å².